The fraction of sp³-hybridized carbons (Fsp3) is 0.875. The van der Waals surface area contributed by atoms with Crippen molar-refractivity contribution < 1.29 is 0 Å². The van der Waals surface area contributed by atoms with E-state index < -0.39 is 0 Å². The van der Waals surface area contributed by atoms with Gasteiger partial charge in [-0.2, -0.15) is 0 Å². The lowest BCUT2D eigenvalue weighted by Crippen LogP contribution is -2.30. The van der Waals surface area contributed by atoms with Gasteiger partial charge in [0, 0.05) is 11.6 Å². The van der Waals surface area contributed by atoms with Crippen LogP contribution in [0.25, 0.3) is 5.01 Å². The molecule has 3 nitrogen and oxygen atoms in total. The molecule has 0 N–H and O–H groups in total. The van der Waals surface area contributed by atoms with Crippen molar-refractivity contribution in [3.8, 4) is 6.07 Å². The van der Waals surface area contributed by atoms with Gasteiger partial charge in [-0.25, -0.2) is 0 Å². The van der Waals surface area contributed by atoms with Crippen molar-refractivity contribution in [1.82, 2.24) is 4.90 Å². The molecular formula is C8H14N2O. The Bertz CT molecular complexity index is 153. The third-order valence-corrected chi connectivity index (χ3v) is 2.05. The lowest BCUT2D eigenvalue weighted by Gasteiger charge is -2.24. The van der Waals surface area contributed by atoms with Gasteiger partial charge in [0.2, 0.25) is 0 Å². The Morgan fingerprint density at radius 1 is 1.27 bits per heavy atom. The molecule has 0 aliphatic carbocycles. The Labute approximate surface area is 67.4 Å². The van der Waals surface area contributed by atoms with Crippen LogP contribution < -0.4 is 0 Å². The summed E-state index contributed by atoms with van der Waals surface area (Å²) in [4.78, 5) is 2.36. The molecular weight excluding hydrogens is 140 g/mol. The summed E-state index contributed by atoms with van der Waals surface area (Å²) in [5.41, 5.74) is 0. The maximum absolute atomic E-state index is 9.67. The summed E-state index contributed by atoms with van der Waals surface area (Å²) in [7, 11) is 0. The van der Waals surface area contributed by atoms with Gasteiger partial charge in [-0.05, 0) is 25.9 Å². The van der Waals surface area contributed by atoms with Crippen molar-refractivity contribution in [3.63, 3.8) is 0 Å². The maximum atomic E-state index is 9.67. The largest absolute Gasteiger partial charge is 0.498 e. The molecule has 0 unspecified atom stereocenters. The second kappa shape index (κ2) is 4.97. The van der Waals surface area contributed by atoms with E-state index in [2.05, 4.69) is 16.0 Å². The van der Waals surface area contributed by atoms with Gasteiger partial charge in [-0.15, -0.1) is 0 Å². The average molecular weight is 154 g/mol. The van der Waals surface area contributed by atoms with Crippen molar-refractivity contribution in [2.24, 2.45) is 0 Å². The number of piperidine rings is 1. The molecule has 0 atom stereocenters. The average Bonchev–Trinajstić information content (AvgIpc) is 2.07. The van der Waals surface area contributed by atoms with Gasteiger partial charge in [0.1, 0.15) is 0 Å². The van der Waals surface area contributed by atoms with Crippen molar-refractivity contribution in [2.75, 3.05) is 19.6 Å². The molecule has 0 spiro atoms. The highest BCUT2D eigenvalue weighted by Crippen LogP contribution is 2.08. The highest BCUT2D eigenvalue weighted by molar-refractivity contribution is 4.87. The molecule has 0 bridgehead atoms. The van der Waals surface area contributed by atoms with E-state index in [-0.39, 0.29) is 0 Å². The Morgan fingerprint density at radius 3 is 2.64 bits per heavy atom. The molecule has 1 aliphatic heterocycles. The van der Waals surface area contributed by atoms with Crippen LogP contribution in [0.1, 0.15) is 25.7 Å². The SMILES string of the molecule is [O-][N+]#CCCN1CCCCC1. The van der Waals surface area contributed by atoms with E-state index >= 15 is 0 Å². The number of likely N-dealkylation sites (tertiary alicyclic amines) is 1. The zero-order valence-corrected chi connectivity index (χ0v) is 6.75. The minimum absolute atomic E-state index is 0.684. The van der Waals surface area contributed by atoms with E-state index in [1.54, 1.807) is 0 Å². The van der Waals surface area contributed by atoms with Gasteiger partial charge in [-0.1, -0.05) is 6.42 Å². The molecule has 0 amide bonds. The predicted molar refractivity (Wildman–Crippen MR) is 45.5 cm³/mol. The van der Waals surface area contributed by atoms with Crippen LogP contribution in [-0.4, -0.2) is 24.5 Å². The molecule has 0 aromatic heterocycles. The molecule has 0 radical (unpaired) electrons. The second-order valence-corrected chi connectivity index (χ2v) is 2.90. The summed E-state index contributed by atoms with van der Waals surface area (Å²) in [5, 5.41) is 12.3. The molecule has 11 heavy (non-hydrogen) atoms. The van der Waals surface area contributed by atoms with Crippen LogP contribution in [0.2, 0.25) is 0 Å². The molecule has 1 heterocycles. The first-order valence-corrected chi connectivity index (χ1v) is 4.21. The second-order valence-electron chi connectivity index (χ2n) is 2.90. The predicted octanol–water partition coefficient (Wildman–Crippen LogP) is 1.69. The van der Waals surface area contributed by atoms with Crippen molar-refractivity contribution in [2.45, 2.75) is 25.7 Å². The molecule has 0 aromatic carbocycles. The smallest absolute Gasteiger partial charge is 0.299 e. The summed E-state index contributed by atoms with van der Waals surface area (Å²) in [6.45, 7) is 3.31. The zero-order valence-electron chi connectivity index (χ0n) is 6.75. The van der Waals surface area contributed by atoms with E-state index in [9.17, 15) is 5.21 Å². The Hall–Kier alpha value is -0.750. The normalized spacial score (nSPS) is 18.9. The molecule has 0 saturated carbocycles. The first kappa shape index (κ1) is 8.35. The van der Waals surface area contributed by atoms with E-state index in [1.807, 2.05) is 0 Å². The van der Waals surface area contributed by atoms with Gasteiger partial charge < -0.3 is 10.1 Å². The van der Waals surface area contributed by atoms with Gasteiger partial charge >= 0.3 is 0 Å². The maximum Gasteiger partial charge on any atom is 0.299 e. The lowest BCUT2D eigenvalue weighted by molar-refractivity contribution is 0.234. The van der Waals surface area contributed by atoms with Gasteiger partial charge in [0.05, 0.1) is 6.42 Å². The monoisotopic (exact) mass is 154 g/mol. The highest BCUT2D eigenvalue weighted by atomic mass is 16.4. The first-order valence-electron chi connectivity index (χ1n) is 4.21. The number of hydrogen-bond acceptors (Lipinski definition) is 2. The summed E-state index contributed by atoms with van der Waals surface area (Å²) >= 11 is 0. The lowest BCUT2D eigenvalue weighted by atomic mass is 10.1. The van der Waals surface area contributed by atoms with Crippen LogP contribution in [0.15, 0.2) is 0 Å². The van der Waals surface area contributed by atoms with Crippen LogP contribution in [0.4, 0.5) is 0 Å². The van der Waals surface area contributed by atoms with Crippen LogP contribution in [0.3, 0.4) is 0 Å². The van der Waals surface area contributed by atoms with Gasteiger partial charge in [0.15, 0.2) is 0 Å². The Kier molecular flexibility index (Phi) is 3.77. The van der Waals surface area contributed by atoms with Crippen LogP contribution >= 0.6 is 0 Å². The fourth-order valence-electron chi connectivity index (χ4n) is 1.44. The summed E-state index contributed by atoms with van der Waals surface area (Å²) in [5.74, 6) is 0. The van der Waals surface area contributed by atoms with E-state index in [1.165, 1.54) is 32.4 Å². The molecule has 1 aliphatic rings. The number of hydrogen-bond donors (Lipinski definition) is 0. The third kappa shape index (κ3) is 3.24. The molecule has 0 aromatic rings. The molecule has 62 valence electrons. The minimum atomic E-state index is 0.684. The van der Waals surface area contributed by atoms with Crippen molar-refractivity contribution in [3.05, 3.63) is 10.2 Å². The van der Waals surface area contributed by atoms with Crippen LogP contribution in [-0.2, 0) is 0 Å². The Balaban J connectivity index is 2.08. The summed E-state index contributed by atoms with van der Waals surface area (Å²) < 4.78 is 0. The number of nitrogens with zero attached hydrogens (tertiary/aromatic N) is 2. The quantitative estimate of drug-likeness (QED) is 0.567. The summed E-state index contributed by atoms with van der Waals surface area (Å²) in [6.07, 6.45) is 4.64. The molecule has 1 fully saturated rings. The number of rotatable bonds is 2. The van der Waals surface area contributed by atoms with Crippen LogP contribution in [0, 0.1) is 11.3 Å². The highest BCUT2D eigenvalue weighted by Gasteiger charge is 2.08. The molecule has 1 rings (SSSR count). The minimum Gasteiger partial charge on any atom is -0.498 e. The molecule has 3 heteroatoms. The van der Waals surface area contributed by atoms with Gasteiger partial charge in [0.25, 0.3) is 6.07 Å². The topological polar surface area (TPSA) is 30.7 Å². The zero-order chi connectivity index (χ0) is 7.94. The standard InChI is InChI=1S/C8H14N2O/c11-9-5-4-8-10-6-2-1-3-7-10/h1-4,6-8H2. The first-order chi connectivity index (χ1) is 5.43. The van der Waals surface area contributed by atoms with Crippen molar-refractivity contribution >= 4 is 0 Å². The Morgan fingerprint density at radius 2 is 2.00 bits per heavy atom. The van der Waals surface area contributed by atoms with E-state index in [0.29, 0.717) is 6.42 Å². The third-order valence-electron chi connectivity index (χ3n) is 2.05. The van der Waals surface area contributed by atoms with Crippen molar-refractivity contribution in [1.29, 1.82) is 0 Å². The van der Waals surface area contributed by atoms with Gasteiger partial charge in [-0.3, -0.25) is 0 Å². The summed E-state index contributed by atoms with van der Waals surface area (Å²) in [6, 6.07) is 2.42. The molecule has 1 saturated heterocycles. The van der Waals surface area contributed by atoms with E-state index in [4.69, 9.17) is 0 Å². The fourth-order valence-corrected chi connectivity index (χ4v) is 1.44. The van der Waals surface area contributed by atoms with Crippen LogP contribution in [0.5, 0.6) is 0 Å². The van der Waals surface area contributed by atoms with E-state index in [0.717, 1.165) is 6.54 Å².